The first kappa shape index (κ1) is 24.7. The molecule has 5 nitrogen and oxygen atoms in total. The van der Waals surface area contributed by atoms with Crippen LogP contribution in [-0.4, -0.2) is 13.0 Å². The molecule has 0 aromatic heterocycles. The second-order valence-corrected chi connectivity index (χ2v) is 8.68. The van der Waals surface area contributed by atoms with E-state index in [0.717, 1.165) is 11.1 Å². The summed E-state index contributed by atoms with van der Waals surface area (Å²) in [6, 6.07) is 18.0. The van der Waals surface area contributed by atoms with Gasteiger partial charge in [-0.05, 0) is 76.0 Å². The number of hydrogen-bond acceptors (Lipinski definition) is 4. The lowest BCUT2D eigenvalue weighted by atomic mass is 10.1. The van der Waals surface area contributed by atoms with Crippen LogP contribution in [0.25, 0.3) is 6.08 Å². The van der Waals surface area contributed by atoms with Crippen molar-refractivity contribution in [1.29, 1.82) is 5.26 Å². The summed E-state index contributed by atoms with van der Waals surface area (Å²) < 4.78 is 12.0. The van der Waals surface area contributed by atoms with Gasteiger partial charge in [-0.15, -0.1) is 0 Å². The quantitative estimate of drug-likeness (QED) is 0.252. The predicted molar refractivity (Wildman–Crippen MR) is 135 cm³/mol. The van der Waals surface area contributed by atoms with Gasteiger partial charge in [-0.3, -0.25) is 4.79 Å². The van der Waals surface area contributed by atoms with E-state index in [0.29, 0.717) is 37.3 Å². The number of rotatable bonds is 7. The number of halogens is 3. The number of anilines is 1. The van der Waals surface area contributed by atoms with Crippen molar-refractivity contribution in [1.82, 2.24) is 0 Å². The van der Waals surface area contributed by atoms with Gasteiger partial charge in [0, 0.05) is 5.69 Å². The van der Waals surface area contributed by atoms with E-state index in [1.807, 2.05) is 37.3 Å². The topological polar surface area (TPSA) is 71.3 Å². The monoisotopic (exact) mass is 544 g/mol. The van der Waals surface area contributed by atoms with Gasteiger partial charge in [-0.1, -0.05) is 47.5 Å². The average Bonchev–Trinajstić information content (AvgIpc) is 2.80. The highest BCUT2D eigenvalue weighted by Gasteiger charge is 2.15. The van der Waals surface area contributed by atoms with Gasteiger partial charge in [-0.2, -0.15) is 5.26 Å². The molecule has 0 spiro atoms. The summed E-state index contributed by atoms with van der Waals surface area (Å²) in [5.41, 5.74) is 2.93. The molecule has 0 fully saturated rings. The minimum Gasteiger partial charge on any atom is -0.493 e. The van der Waals surface area contributed by atoms with Gasteiger partial charge in [0.15, 0.2) is 11.5 Å². The average molecular weight is 546 g/mol. The molecule has 3 rings (SSSR count). The third-order valence-electron chi connectivity index (χ3n) is 4.69. The van der Waals surface area contributed by atoms with Crippen molar-refractivity contribution in [2.45, 2.75) is 13.5 Å². The first-order chi connectivity index (χ1) is 15.8. The third-order valence-corrected chi connectivity index (χ3v) is 6.02. The molecule has 0 heterocycles. The predicted octanol–water partition coefficient (Wildman–Crippen LogP) is 7.20. The van der Waals surface area contributed by atoms with Crippen molar-refractivity contribution in [3.63, 3.8) is 0 Å². The van der Waals surface area contributed by atoms with Crippen LogP contribution in [0, 0.1) is 18.3 Å². The van der Waals surface area contributed by atoms with Crippen molar-refractivity contribution < 1.29 is 14.3 Å². The van der Waals surface area contributed by atoms with Crippen molar-refractivity contribution >= 4 is 56.8 Å². The highest BCUT2D eigenvalue weighted by Crippen LogP contribution is 2.38. The highest BCUT2D eigenvalue weighted by atomic mass is 79.9. The summed E-state index contributed by atoms with van der Waals surface area (Å²) in [4.78, 5) is 12.6. The fourth-order valence-electron chi connectivity index (χ4n) is 2.97. The van der Waals surface area contributed by atoms with Gasteiger partial charge in [0.25, 0.3) is 5.91 Å². The van der Waals surface area contributed by atoms with Gasteiger partial charge in [0.1, 0.15) is 18.2 Å². The second-order valence-electron chi connectivity index (χ2n) is 7.01. The van der Waals surface area contributed by atoms with E-state index < -0.39 is 5.91 Å². The molecule has 0 bridgehead atoms. The number of nitriles is 1. The van der Waals surface area contributed by atoms with Crippen LogP contribution < -0.4 is 14.8 Å². The van der Waals surface area contributed by atoms with Gasteiger partial charge in [0.2, 0.25) is 0 Å². The maximum Gasteiger partial charge on any atom is 0.266 e. The molecule has 33 heavy (non-hydrogen) atoms. The van der Waals surface area contributed by atoms with Crippen LogP contribution in [0.15, 0.2) is 64.6 Å². The van der Waals surface area contributed by atoms with E-state index in [1.165, 1.54) is 13.2 Å². The summed E-state index contributed by atoms with van der Waals surface area (Å²) >= 11 is 15.5. The van der Waals surface area contributed by atoms with Crippen LogP contribution in [0.2, 0.25) is 10.0 Å². The Kier molecular flexibility index (Phi) is 8.40. The number of nitrogens with zero attached hydrogens (tertiary/aromatic N) is 1. The number of methoxy groups -OCH3 is 1. The van der Waals surface area contributed by atoms with Crippen molar-refractivity contribution in [3.05, 3.63) is 91.4 Å². The van der Waals surface area contributed by atoms with Crippen LogP contribution in [0.3, 0.4) is 0 Å². The Labute approximate surface area is 210 Å². The Morgan fingerprint density at radius 1 is 1.15 bits per heavy atom. The standard InChI is InChI=1S/C25H19BrCl2N2O3/c1-15-5-3-4-6-22(15)30-25(31)18(13-29)9-17-10-19(26)24(23(12-17)32-2)33-14-16-7-8-20(27)21(28)11-16/h3-12H,14H2,1-2H3,(H,30,31)/b18-9-. The molecule has 8 heteroatoms. The van der Waals surface area contributed by atoms with Crippen molar-refractivity contribution in [2.24, 2.45) is 0 Å². The smallest absolute Gasteiger partial charge is 0.266 e. The maximum atomic E-state index is 12.6. The molecule has 0 saturated carbocycles. The molecule has 0 atom stereocenters. The fourth-order valence-corrected chi connectivity index (χ4v) is 3.86. The van der Waals surface area contributed by atoms with Crippen LogP contribution in [0.1, 0.15) is 16.7 Å². The normalized spacial score (nSPS) is 11.0. The zero-order valence-electron chi connectivity index (χ0n) is 17.8. The molecule has 1 N–H and O–H groups in total. The number of amides is 1. The first-order valence-electron chi connectivity index (χ1n) is 9.75. The second kappa shape index (κ2) is 11.2. The van der Waals surface area contributed by atoms with E-state index in [2.05, 4.69) is 21.2 Å². The van der Waals surface area contributed by atoms with Gasteiger partial charge in [-0.25, -0.2) is 0 Å². The Morgan fingerprint density at radius 3 is 2.58 bits per heavy atom. The lowest BCUT2D eigenvalue weighted by Crippen LogP contribution is -2.14. The number of carbonyl (C=O) groups excluding carboxylic acids is 1. The van der Waals surface area contributed by atoms with E-state index in [-0.39, 0.29) is 12.2 Å². The maximum absolute atomic E-state index is 12.6. The summed E-state index contributed by atoms with van der Waals surface area (Å²) in [6.45, 7) is 2.12. The minimum absolute atomic E-state index is 0.0447. The molecule has 168 valence electrons. The molecule has 3 aromatic carbocycles. The van der Waals surface area contributed by atoms with Crippen LogP contribution in [0.5, 0.6) is 11.5 Å². The Hall–Kier alpha value is -2.98. The molecule has 0 aliphatic carbocycles. The molecule has 1 amide bonds. The molecular formula is C25H19BrCl2N2O3. The van der Waals surface area contributed by atoms with Gasteiger partial charge in [0.05, 0.1) is 21.6 Å². The number of aryl methyl sites for hydroxylation is 1. The molecule has 0 aliphatic rings. The number of benzene rings is 3. The van der Waals surface area contributed by atoms with E-state index >= 15 is 0 Å². The zero-order valence-corrected chi connectivity index (χ0v) is 20.9. The lowest BCUT2D eigenvalue weighted by Gasteiger charge is -2.14. The third kappa shape index (κ3) is 6.29. The lowest BCUT2D eigenvalue weighted by molar-refractivity contribution is -0.112. The SMILES string of the molecule is COc1cc(/C=C(/C#N)C(=O)Nc2ccccc2C)cc(Br)c1OCc1ccc(Cl)c(Cl)c1. The fraction of sp³-hybridized carbons (Fsp3) is 0.120. The van der Waals surface area contributed by atoms with E-state index in [4.69, 9.17) is 32.7 Å². The molecule has 0 saturated heterocycles. The summed E-state index contributed by atoms with van der Waals surface area (Å²) in [7, 11) is 1.51. The number of carbonyl (C=O) groups is 1. The number of hydrogen-bond donors (Lipinski definition) is 1. The number of ether oxygens (including phenoxy) is 2. The summed E-state index contributed by atoms with van der Waals surface area (Å²) in [5.74, 6) is 0.415. The molecule has 0 unspecified atom stereocenters. The van der Waals surface area contributed by atoms with Crippen LogP contribution >= 0.6 is 39.1 Å². The van der Waals surface area contributed by atoms with Crippen LogP contribution in [-0.2, 0) is 11.4 Å². The number of para-hydroxylation sites is 1. The molecule has 0 radical (unpaired) electrons. The molecule has 3 aromatic rings. The van der Waals surface area contributed by atoms with Crippen molar-refractivity contribution in [2.75, 3.05) is 12.4 Å². The Bertz CT molecular complexity index is 1270. The minimum atomic E-state index is -0.498. The number of nitrogens with one attached hydrogen (secondary N) is 1. The van der Waals surface area contributed by atoms with Crippen LogP contribution in [0.4, 0.5) is 5.69 Å². The van der Waals surface area contributed by atoms with E-state index in [9.17, 15) is 10.1 Å². The first-order valence-corrected chi connectivity index (χ1v) is 11.3. The van der Waals surface area contributed by atoms with Gasteiger partial charge < -0.3 is 14.8 Å². The summed E-state index contributed by atoms with van der Waals surface area (Å²) in [6.07, 6.45) is 1.49. The van der Waals surface area contributed by atoms with Gasteiger partial charge >= 0.3 is 0 Å². The Morgan fingerprint density at radius 2 is 1.91 bits per heavy atom. The highest BCUT2D eigenvalue weighted by molar-refractivity contribution is 9.10. The van der Waals surface area contributed by atoms with E-state index in [1.54, 1.807) is 30.3 Å². The Balaban J connectivity index is 1.83. The summed E-state index contributed by atoms with van der Waals surface area (Å²) in [5, 5.41) is 13.2. The molecule has 0 aliphatic heterocycles. The molecular weight excluding hydrogens is 527 g/mol. The largest absolute Gasteiger partial charge is 0.493 e. The zero-order chi connectivity index (χ0) is 24.0. The van der Waals surface area contributed by atoms with Crippen molar-refractivity contribution in [3.8, 4) is 17.6 Å².